The van der Waals surface area contributed by atoms with E-state index in [2.05, 4.69) is 4.99 Å². The largest absolute Gasteiger partial charge is 0.529 e. The Labute approximate surface area is 255 Å². The molecule has 2 aliphatic rings. The molecule has 2 unspecified atom stereocenters. The van der Waals surface area contributed by atoms with Gasteiger partial charge < -0.3 is 9.26 Å². The first-order valence-corrected chi connectivity index (χ1v) is 16.4. The van der Waals surface area contributed by atoms with Crippen molar-refractivity contribution >= 4 is 36.5 Å². The van der Waals surface area contributed by atoms with Crippen molar-refractivity contribution in [3.8, 4) is 0 Å². The third-order valence-electron chi connectivity index (χ3n) is 6.77. The highest BCUT2D eigenvalue weighted by molar-refractivity contribution is 8.14. The van der Waals surface area contributed by atoms with Gasteiger partial charge in [-0.3, -0.25) is 23.7 Å². The molecular weight excluding hydrogens is 587 g/mol. The number of hydrogen-bond acceptors (Lipinski definition) is 9. The number of amides is 1. The van der Waals surface area contributed by atoms with Crippen molar-refractivity contribution in [1.29, 1.82) is 0 Å². The first-order valence-electron chi connectivity index (χ1n) is 14.0. The van der Waals surface area contributed by atoms with Crippen LogP contribution >= 0.6 is 19.6 Å². The molecule has 2 aliphatic heterocycles. The zero-order chi connectivity index (χ0) is 30.4. The lowest BCUT2D eigenvalue weighted by molar-refractivity contribution is -0.153. The van der Waals surface area contributed by atoms with E-state index in [-0.39, 0.29) is 30.6 Å². The lowest BCUT2D eigenvalue weighted by Gasteiger charge is -2.42. The molecule has 3 aromatic rings. The van der Waals surface area contributed by atoms with Crippen LogP contribution in [0.25, 0.3) is 0 Å². The van der Waals surface area contributed by atoms with Crippen molar-refractivity contribution in [2.75, 3.05) is 13.2 Å². The minimum atomic E-state index is -4.09. The highest BCUT2D eigenvalue weighted by Gasteiger charge is 2.56. The third-order valence-corrected chi connectivity index (χ3v) is 9.65. The quantitative estimate of drug-likeness (QED) is 0.0686. The Morgan fingerprint density at radius 3 is 1.98 bits per heavy atom. The second-order valence-electron chi connectivity index (χ2n) is 9.73. The molecular formula is C32H33N2O7PS. The van der Waals surface area contributed by atoms with Gasteiger partial charge >= 0.3 is 13.8 Å². The molecule has 0 aliphatic carbocycles. The van der Waals surface area contributed by atoms with Crippen LogP contribution in [0.3, 0.4) is 0 Å². The fourth-order valence-electron chi connectivity index (χ4n) is 4.88. The molecule has 0 saturated carbocycles. The Morgan fingerprint density at radius 1 is 0.907 bits per heavy atom. The zero-order valence-corrected chi connectivity index (χ0v) is 25.8. The molecule has 43 heavy (non-hydrogen) atoms. The number of fused-ring (bicyclic) bond motifs is 1. The third kappa shape index (κ3) is 6.94. The number of likely N-dealkylation sites (tertiary alicyclic amines) is 1. The van der Waals surface area contributed by atoms with Gasteiger partial charge in [-0.25, -0.2) is 9.36 Å². The lowest BCUT2D eigenvalue weighted by atomic mass is 10.0. The minimum absolute atomic E-state index is 0.0499. The fraction of sp³-hybridized carbons (Fsp3) is 0.281. The van der Waals surface area contributed by atoms with Crippen LogP contribution in [0.15, 0.2) is 107 Å². The number of esters is 1. The van der Waals surface area contributed by atoms with Crippen LogP contribution in [0.1, 0.15) is 43.6 Å². The van der Waals surface area contributed by atoms with Gasteiger partial charge in [0.2, 0.25) is 0 Å². The molecule has 5 rings (SSSR count). The Kier molecular flexibility index (Phi) is 9.82. The minimum Gasteiger partial charge on any atom is -0.448 e. The fourth-order valence-corrected chi connectivity index (χ4v) is 7.44. The summed E-state index contributed by atoms with van der Waals surface area (Å²) >= 11 is 1.41. The molecule has 1 saturated heterocycles. The van der Waals surface area contributed by atoms with Gasteiger partial charge in [0.25, 0.3) is 5.91 Å². The van der Waals surface area contributed by atoms with Crippen LogP contribution in [-0.4, -0.2) is 46.4 Å². The first-order chi connectivity index (χ1) is 20.8. The summed E-state index contributed by atoms with van der Waals surface area (Å²) < 4.78 is 35.8. The van der Waals surface area contributed by atoms with Gasteiger partial charge in [0.05, 0.1) is 18.3 Å². The van der Waals surface area contributed by atoms with E-state index < -0.39 is 31.3 Å². The Balaban J connectivity index is 1.48. The standard InChI is InChI=1S/C32H33N2O7PS/c1-4-38-42(37,39-5-2)41-22(3)28(32(36)40-29(24-17-11-7-12-18-24)25-19-13-8-14-20-25)34-30(35)27-31(34)43-26(33-27)21-23-15-9-6-10-16-23/h6-20,27,29,31H,4-5,21H2,1-3H3. The Hall–Kier alpha value is -3.69. The zero-order valence-electron chi connectivity index (χ0n) is 24.1. The summed E-state index contributed by atoms with van der Waals surface area (Å²) in [6.07, 6.45) is -0.219. The van der Waals surface area contributed by atoms with E-state index in [4.69, 9.17) is 18.3 Å². The van der Waals surface area contributed by atoms with E-state index in [9.17, 15) is 14.2 Å². The van der Waals surface area contributed by atoms with Gasteiger partial charge in [-0.1, -0.05) is 103 Å². The number of β-lactam (4-membered cyclic amide) rings is 1. The molecule has 0 N–H and O–H groups in total. The van der Waals surface area contributed by atoms with Crippen LogP contribution in [0.4, 0.5) is 0 Å². The smallest absolute Gasteiger partial charge is 0.448 e. The average Bonchev–Trinajstić information content (AvgIpc) is 3.38. The topological polar surface area (TPSA) is 104 Å². The molecule has 2 heterocycles. The maximum absolute atomic E-state index is 14.1. The Morgan fingerprint density at radius 2 is 1.44 bits per heavy atom. The molecule has 9 nitrogen and oxygen atoms in total. The number of ether oxygens (including phenoxy) is 1. The van der Waals surface area contributed by atoms with Crippen molar-refractivity contribution < 1.29 is 32.5 Å². The van der Waals surface area contributed by atoms with Gasteiger partial charge in [-0.15, -0.1) is 0 Å². The van der Waals surface area contributed by atoms with Crippen LogP contribution in [0.2, 0.25) is 0 Å². The monoisotopic (exact) mass is 620 g/mol. The van der Waals surface area contributed by atoms with Crippen LogP contribution in [0.5, 0.6) is 0 Å². The van der Waals surface area contributed by atoms with Gasteiger partial charge in [-0.05, 0) is 37.5 Å². The molecule has 11 heteroatoms. The van der Waals surface area contributed by atoms with Crippen molar-refractivity contribution in [2.24, 2.45) is 4.99 Å². The van der Waals surface area contributed by atoms with Crippen molar-refractivity contribution in [1.82, 2.24) is 4.90 Å². The van der Waals surface area contributed by atoms with E-state index in [0.717, 1.165) is 21.7 Å². The summed E-state index contributed by atoms with van der Waals surface area (Å²) in [6.45, 7) is 4.85. The van der Waals surface area contributed by atoms with E-state index >= 15 is 0 Å². The van der Waals surface area contributed by atoms with Gasteiger partial charge in [0.1, 0.15) is 11.1 Å². The summed E-state index contributed by atoms with van der Waals surface area (Å²) in [7, 11) is -4.09. The molecule has 0 spiro atoms. The van der Waals surface area contributed by atoms with Crippen LogP contribution < -0.4 is 0 Å². The molecule has 1 fully saturated rings. The maximum Gasteiger partial charge on any atom is 0.529 e. The Bertz CT molecular complexity index is 1500. The first kappa shape index (κ1) is 30.8. The molecule has 1 amide bonds. The predicted octanol–water partition coefficient (Wildman–Crippen LogP) is 6.67. The SMILES string of the molecule is CCOP(=O)(OCC)OC(C)=C(C(=O)OC(c1ccccc1)c1ccccc1)N1C(=O)C2N=C(Cc3ccccc3)SC21. The highest BCUT2D eigenvalue weighted by atomic mass is 32.2. The molecule has 0 radical (unpaired) electrons. The van der Waals surface area contributed by atoms with Gasteiger partial charge in [0, 0.05) is 6.42 Å². The number of thioether (sulfide) groups is 1. The van der Waals surface area contributed by atoms with Crippen LogP contribution in [-0.2, 0) is 38.9 Å². The molecule has 224 valence electrons. The molecule has 3 aromatic carbocycles. The van der Waals surface area contributed by atoms with E-state index in [0.29, 0.717) is 6.42 Å². The number of aliphatic imine (C=N–C) groups is 1. The van der Waals surface area contributed by atoms with Crippen molar-refractivity contribution in [3.05, 3.63) is 119 Å². The number of phosphoric ester groups is 1. The molecule has 0 bridgehead atoms. The van der Waals surface area contributed by atoms with E-state index in [1.165, 1.54) is 23.6 Å². The molecule has 0 aromatic heterocycles. The highest BCUT2D eigenvalue weighted by Crippen LogP contribution is 2.52. The number of hydrogen-bond donors (Lipinski definition) is 0. The van der Waals surface area contributed by atoms with Crippen molar-refractivity contribution in [3.63, 3.8) is 0 Å². The second-order valence-corrected chi connectivity index (χ2v) is 12.5. The number of nitrogens with zero attached hydrogens (tertiary/aromatic N) is 2. The number of phosphoric acid groups is 1. The lowest BCUT2D eigenvalue weighted by Crippen LogP contribution is -2.61. The summed E-state index contributed by atoms with van der Waals surface area (Å²) in [5.41, 5.74) is 2.37. The number of rotatable bonds is 13. The normalized spacial score (nSPS) is 18.5. The van der Waals surface area contributed by atoms with Crippen molar-refractivity contribution in [2.45, 2.75) is 44.7 Å². The predicted molar refractivity (Wildman–Crippen MR) is 165 cm³/mol. The number of carbonyl (C=O) groups is 2. The number of benzene rings is 3. The average molecular weight is 621 g/mol. The summed E-state index contributed by atoms with van der Waals surface area (Å²) in [5.74, 6) is -1.31. The van der Waals surface area contributed by atoms with Crippen LogP contribution in [0, 0.1) is 0 Å². The molecule has 2 atom stereocenters. The summed E-state index contributed by atoms with van der Waals surface area (Å²) in [6, 6.07) is 27.8. The van der Waals surface area contributed by atoms with E-state index in [1.54, 1.807) is 13.8 Å². The summed E-state index contributed by atoms with van der Waals surface area (Å²) in [4.78, 5) is 33.6. The van der Waals surface area contributed by atoms with Gasteiger partial charge in [0.15, 0.2) is 17.8 Å². The second kappa shape index (κ2) is 13.7. The maximum atomic E-state index is 14.1. The number of allylic oxidation sites excluding steroid dienone is 1. The van der Waals surface area contributed by atoms with E-state index in [1.807, 2.05) is 91.0 Å². The summed E-state index contributed by atoms with van der Waals surface area (Å²) in [5, 5.41) is 0.293. The number of carbonyl (C=O) groups excluding carboxylic acids is 2. The van der Waals surface area contributed by atoms with Gasteiger partial charge in [-0.2, -0.15) is 0 Å².